The van der Waals surface area contributed by atoms with Crippen LogP contribution in [0.4, 0.5) is 0 Å². The van der Waals surface area contributed by atoms with Crippen LogP contribution in [0, 0.1) is 11.3 Å². The lowest BCUT2D eigenvalue weighted by Gasteiger charge is -2.24. The third kappa shape index (κ3) is 2.78. The van der Waals surface area contributed by atoms with Crippen molar-refractivity contribution in [3.8, 4) is 6.07 Å². The molecule has 1 aromatic heterocycles. The van der Waals surface area contributed by atoms with E-state index in [4.69, 9.17) is 0 Å². The molecule has 0 radical (unpaired) electrons. The lowest BCUT2D eigenvalue weighted by atomic mass is 9.84. The fraction of sp³-hybridized carbons (Fsp3) is 0.167. The summed E-state index contributed by atoms with van der Waals surface area (Å²) in [5.74, 6) is 0.195. The summed E-state index contributed by atoms with van der Waals surface area (Å²) in [4.78, 5) is 8.42. The standard InChI is InChI=1S/C18H15N5.ClH/c19-11-13-2-1-3-15(10-13)18-17(14-4-6-20-7-5-14)16-12-21-8-9-23(16)22-18;/h1-10,12,16-18,22H;1H. The molecule has 1 saturated heterocycles. The lowest BCUT2D eigenvalue weighted by Crippen LogP contribution is -2.35. The molecule has 3 atom stereocenters. The SMILES string of the molecule is Cl.N#Cc1cccc(C2NN3C=CN=CC3C2c2ccncc2)c1. The minimum absolute atomic E-state index is 0. The van der Waals surface area contributed by atoms with E-state index in [1.807, 2.05) is 55.1 Å². The average molecular weight is 338 g/mol. The van der Waals surface area contributed by atoms with Crippen LogP contribution in [0.1, 0.15) is 28.7 Å². The Labute approximate surface area is 146 Å². The van der Waals surface area contributed by atoms with E-state index in [1.54, 1.807) is 6.20 Å². The van der Waals surface area contributed by atoms with E-state index in [0.717, 1.165) is 5.56 Å². The zero-order valence-corrected chi connectivity index (χ0v) is 13.6. The summed E-state index contributed by atoms with van der Waals surface area (Å²) in [6.45, 7) is 0. The number of halogens is 1. The van der Waals surface area contributed by atoms with Gasteiger partial charge in [0.1, 0.15) is 0 Å². The summed E-state index contributed by atoms with van der Waals surface area (Å²) in [5, 5.41) is 11.3. The first-order chi connectivity index (χ1) is 11.4. The number of rotatable bonds is 2. The first-order valence-corrected chi connectivity index (χ1v) is 7.51. The summed E-state index contributed by atoms with van der Waals surface area (Å²) in [6.07, 6.45) is 9.33. The summed E-state index contributed by atoms with van der Waals surface area (Å²) in [7, 11) is 0. The fourth-order valence-electron chi connectivity index (χ4n) is 3.31. The highest BCUT2D eigenvalue weighted by molar-refractivity contribution is 5.85. The van der Waals surface area contributed by atoms with E-state index >= 15 is 0 Å². The van der Waals surface area contributed by atoms with Gasteiger partial charge >= 0.3 is 0 Å². The normalized spacial score (nSPS) is 24.1. The zero-order chi connectivity index (χ0) is 15.6. The molecule has 4 rings (SSSR count). The number of fused-ring (bicyclic) bond motifs is 1. The van der Waals surface area contributed by atoms with Gasteiger partial charge in [-0.15, -0.1) is 12.4 Å². The van der Waals surface area contributed by atoms with E-state index in [1.165, 1.54) is 5.56 Å². The van der Waals surface area contributed by atoms with E-state index < -0.39 is 0 Å². The number of aliphatic imine (C=N–C) groups is 1. The zero-order valence-electron chi connectivity index (χ0n) is 12.8. The Bertz CT molecular complexity index is 812. The molecule has 0 saturated carbocycles. The summed E-state index contributed by atoms with van der Waals surface area (Å²) in [6, 6.07) is 14.3. The highest BCUT2D eigenvalue weighted by Gasteiger charge is 2.42. The molecule has 0 aliphatic carbocycles. The maximum atomic E-state index is 9.17. The third-order valence-corrected chi connectivity index (χ3v) is 4.35. The van der Waals surface area contributed by atoms with Gasteiger partial charge in [0.25, 0.3) is 0 Å². The van der Waals surface area contributed by atoms with E-state index in [-0.39, 0.29) is 30.4 Å². The molecule has 1 N–H and O–H groups in total. The van der Waals surface area contributed by atoms with E-state index in [9.17, 15) is 5.26 Å². The molecule has 1 aromatic carbocycles. The number of aromatic nitrogens is 1. The number of pyridine rings is 1. The summed E-state index contributed by atoms with van der Waals surface area (Å²) >= 11 is 0. The van der Waals surface area contributed by atoms with Gasteiger partial charge in [-0.3, -0.25) is 9.98 Å². The predicted molar refractivity (Wildman–Crippen MR) is 94.5 cm³/mol. The molecule has 24 heavy (non-hydrogen) atoms. The van der Waals surface area contributed by atoms with Crippen molar-refractivity contribution in [1.29, 1.82) is 5.26 Å². The van der Waals surface area contributed by atoms with Crippen molar-refractivity contribution in [3.63, 3.8) is 0 Å². The second kappa shape index (κ2) is 6.83. The van der Waals surface area contributed by atoms with E-state index in [0.29, 0.717) is 5.56 Å². The lowest BCUT2D eigenvalue weighted by molar-refractivity contribution is 0.302. The second-order valence-electron chi connectivity index (χ2n) is 5.64. The van der Waals surface area contributed by atoms with Gasteiger partial charge in [-0.25, -0.2) is 5.43 Å². The number of hydrogen-bond donors (Lipinski definition) is 1. The fourth-order valence-corrected chi connectivity index (χ4v) is 3.31. The number of benzene rings is 1. The Morgan fingerprint density at radius 1 is 1.12 bits per heavy atom. The molecule has 1 fully saturated rings. The van der Waals surface area contributed by atoms with Crippen molar-refractivity contribution in [2.24, 2.45) is 4.99 Å². The number of nitriles is 1. The monoisotopic (exact) mass is 337 g/mol. The molecular weight excluding hydrogens is 322 g/mol. The molecule has 2 aliphatic rings. The van der Waals surface area contributed by atoms with Crippen molar-refractivity contribution >= 4 is 18.6 Å². The Kier molecular flexibility index (Phi) is 4.61. The van der Waals surface area contributed by atoms with Gasteiger partial charge in [0, 0.05) is 36.9 Å². The second-order valence-corrected chi connectivity index (χ2v) is 5.64. The van der Waals surface area contributed by atoms with Crippen molar-refractivity contribution in [1.82, 2.24) is 15.4 Å². The van der Waals surface area contributed by atoms with Crippen LogP contribution in [0.15, 0.2) is 66.2 Å². The van der Waals surface area contributed by atoms with E-state index in [2.05, 4.69) is 32.5 Å². The number of nitrogens with one attached hydrogen (secondary N) is 1. The van der Waals surface area contributed by atoms with Gasteiger partial charge < -0.3 is 5.01 Å². The molecule has 3 unspecified atom stereocenters. The quantitative estimate of drug-likeness (QED) is 0.915. The third-order valence-electron chi connectivity index (χ3n) is 4.35. The summed E-state index contributed by atoms with van der Waals surface area (Å²) < 4.78 is 0. The highest BCUT2D eigenvalue weighted by Crippen LogP contribution is 2.41. The predicted octanol–water partition coefficient (Wildman–Crippen LogP) is 2.94. The maximum absolute atomic E-state index is 9.17. The van der Waals surface area contributed by atoms with Crippen LogP contribution in [-0.4, -0.2) is 22.2 Å². The number of hydrazine groups is 1. The van der Waals surface area contributed by atoms with Crippen LogP contribution in [0.25, 0.3) is 0 Å². The molecule has 2 aromatic rings. The Balaban J connectivity index is 0.00000169. The summed E-state index contributed by atoms with van der Waals surface area (Å²) in [5.41, 5.74) is 6.51. The molecule has 0 amide bonds. The minimum atomic E-state index is 0. The molecule has 2 aliphatic heterocycles. The molecule has 6 heteroatoms. The van der Waals surface area contributed by atoms with Crippen LogP contribution in [0.5, 0.6) is 0 Å². The molecule has 3 heterocycles. The van der Waals surface area contributed by atoms with Gasteiger partial charge in [-0.1, -0.05) is 12.1 Å². The van der Waals surface area contributed by atoms with Gasteiger partial charge in [-0.05, 0) is 35.4 Å². The first kappa shape index (κ1) is 16.2. The van der Waals surface area contributed by atoms with Crippen LogP contribution >= 0.6 is 12.4 Å². The van der Waals surface area contributed by atoms with Gasteiger partial charge in [0.15, 0.2) is 0 Å². The van der Waals surface area contributed by atoms with Gasteiger partial charge in [-0.2, -0.15) is 5.26 Å². The topological polar surface area (TPSA) is 64.3 Å². The first-order valence-electron chi connectivity index (χ1n) is 7.51. The highest BCUT2D eigenvalue weighted by atomic mass is 35.5. The Hall–Kier alpha value is -2.68. The van der Waals surface area contributed by atoms with Crippen LogP contribution < -0.4 is 5.43 Å². The molecular formula is C18H16ClN5. The van der Waals surface area contributed by atoms with Crippen molar-refractivity contribution < 1.29 is 0 Å². The molecule has 0 bridgehead atoms. The number of nitrogens with zero attached hydrogens (tertiary/aromatic N) is 4. The maximum Gasteiger partial charge on any atom is 0.0991 e. The largest absolute Gasteiger partial charge is 0.304 e. The number of hydrogen-bond acceptors (Lipinski definition) is 5. The van der Waals surface area contributed by atoms with Crippen LogP contribution in [0.3, 0.4) is 0 Å². The van der Waals surface area contributed by atoms with Gasteiger partial charge in [0.05, 0.1) is 23.7 Å². The van der Waals surface area contributed by atoms with Gasteiger partial charge in [0.2, 0.25) is 0 Å². The molecule has 120 valence electrons. The van der Waals surface area contributed by atoms with Crippen LogP contribution in [-0.2, 0) is 0 Å². The minimum Gasteiger partial charge on any atom is -0.304 e. The average Bonchev–Trinajstić information content (AvgIpc) is 3.02. The smallest absolute Gasteiger partial charge is 0.0991 e. The van der Waals surface area contributed by atoms with Crippen molar-refractivity contribution in [2.45, 2.75) is 18.0 Å². The van der Waals surface area contributed by atoms with Crippen LogP contribution in [0.2, 0.25) is 0 Å². The molecule has 5 nitrogen and oxygen atoms in total. The Morgan fingerprint density at radius 3 is 2.75 bits per heavy atom. The Morgan fingerprint density at radius 2 is 1.96 bits per heavy atom. The molecule has 0 spiro atoms. The van der Waals surface area contributed by atoms with Crippen molar-refractivity contribution in [2.75, 3.05) is 0 Å². The van der Waals surface area contributed by atoms with Crippen molar-refractivity contribution in [3.05, 3.63) is 77.9 Å².